The highest BCUT2D eigenvalue weighted by molar-refractivity contribution is 5.29. The van der Waals surface area contributed by atoms with Gasteiger partial charge in [-0.15, -0.1) is 0 Å². The zero-order valence-electron chi connectivity index (χ0n) is 13.9. The van der Waals surface area contributed by atoms with Crippen molar-refractivity contribution < 1.29 is 4.74 Å². The zero-order chi connectivity index (χ0) is 15.1. The minimum Gasteiger partial charge on any atom is -0.494 e. The summed E-state index contributed by atoms with van der Waals surface area (Å²) in [7, 11) is 2.09. The second-order valence-electron chi connectivity index (χ2n) is 6.57. The van der Waals surface area contributed by atoms with Crippen LogP contribution in [0.4, 0.5) is 0 Å². The highest BCUT2D eigenvalue weighted by atomic mass is 16.5. The van der Waals surface area contributed by atoms with E-state index in [1.54, 1.807) is 0 Å². The molecule has 1 aliphatic carbocycles. The van der Waals surface area contributed by atoms with E-state index in [-0.39, 0.29) is 0 Å². The van der Waals surface area contributed by atoms with Crippen molar-refractivity contribution in [3.05, 3.63) is 29.8 Å². The molecule has 0 aliphatic heterocycles. The van der Waals surface area contributed by atoms with Crippen LogP contribution in [0.5, 0.6) is 5.75 Å². The van der Waals surface area contributed by atoms with Crippen LogP contribution in [-0.4, -0.2) is 13.7 Å². The lowest BCUT2D eigenvalue weighted by molar-refractivity contribution is 0.230. The van der Waals surface area contributed by atoms with Gasteiger partial charge < -0.3 is 10.1 Å². The summed E-state index contributed by atoms with van der Waals surface area (Å²) in [6.07, 6.45) is 7.78. The molecule has 1 aromatic carbocycles. The second kappa shape index (κ2) is 8.43. The first-order chi connectivity index (χ1) is 10.2. The maximum Gasteiger partial charge on any atom is 0.119 e. The van der Waals surface area contributed by atoms with E-state index < -0.39 is 0 Å². The number of hydrogen-bond acceptors (Lipinski definition) is 2. The monoisotopic (exact) mass is 289 g/mol. The lowest BCUT2D eigenvalue weighted by atomic mass is 9.77. The van der Waals surface area contributed by atoms with E-state index in [2.05, 4.69) is 50.5 Å². The van der Waals surface area contributed by atoms with Gasteiger partial charge >= 0.3 is 0 Å². The third-order valence-corrected chi connectivity index (χ3v) is 4.77. The summed E-state index contributed by atoms with van der Waals surface area (Å²) in [6.45, 7) is 5.41. The van der Waals surface area contributed by atoms with Crippen LogP contribution in [0.15, 0.2) is 24.3 Å². The molecule has 2 heteroatoms. The molecule has 3 atom stereocenters. The molecule has 0 bridgehead atoms. The van der Waals surface area contributed by atoms with Crippen LogP contribution in [0.1, 0.15) is 64.0 Å². The fourth-order valence-electron chi connectivity index (χ4n) is 3.56. The average molecular weight is 289 g/mol. The summed E-state index contributed by atoms with van der Waals surface area (Å²) < 4.78 is 5.76. The molecule has 0 saturated heterocycles. The van der Waals surface area contributed by atoms with Crippen LogP contribution in [0, 0.1) is 11.8 Å². The highest BCUT2D eigenvalue weighted by Crippen LogP contribution is 2.37. The first kappa shape index (κ1) is 16.4. The van der Waals surface area contributed by atoms with Gasteiger partial charge in [0.1, 0.15) is 5.75 Å². The molecule has 2 rings (SSSR count). The molecular formula is C19H31NO. The van der Waals surface area contributed by atoms with Gasteiger partial charge in [-0.2, -0.15) is 0 Å². The molecule has 0 heterocycles. The van der Waals surface area contributed by atoms with Crippen LogP contribution in [0.2, 0.25) is 0 Å². The molecule has 1 fully saturated rings. The molecule has 0 amide bonds. The average Bonchev–Trinajstić information content (AvgIpc) is 2.50. The van der Waals surface area contributed by atoms with E-state index in [4.69, 9.17) is 4.74 Å². The Labute approximate surface area is 130 Å². The minimum atomic E-state index is 0.484. The Morgan fingerprint density at radius 2 is 2.00 bits per heavy atom. The first-order valence-corrected chi connectivity index (χ1v) is 8.64. The molecule has 3 unspecified atom stereocenters. The number of nitrogens with one attached hydrogen (secondary N) is 1. The van der Waals surface area contributed by atoms with Crippen molar-refractivity contribution in [2.45, 2.75) is 58.4 Å². The Bertz CT molecular complexity index is 401. The quantitative estimate of drug-likeness (QED) is 0.717. The van der Waals surface area contributed by atoms with Gasteiger partial charge in [-0.25, -0.2) is 0 Å². The van der Waals surface area contributed by atoms with Crippen molar-refractivity contribution in [1.82, 2.24) is 5.32 Å². The number of ether oxygens (including phenoxy) is 1. The molecule has 21 heavy (non-hydrogen) atoms. The Morgan fingerprint density at radius 1 is 1.24 bits per heavy atom. The van der Waals surface area contributed by atoms with Crippen LogP contribution >= 0.6 is 0 Å². The summed E-state index contributed by atoms with van der Waals surface area (Å²) in [6, 6.07) is 9.21. The minimum absolute atomic E-state index is 0.484. The normalized spacial score (nSPS) is 23.8. The number of hydrogen-bond donors (Lipinski definition) is 1. The molecule has 2 nitrogen and oxygen atoms in total. The fraction of sp³-hybridized carbons (Fsp3) is 0.684. The van der Waals surface area contributed by atoms with Crippen LogP contribution < -0.4 is 10.1 Å². The Balaban J connectivity index is 1.97. The smallest absolute Gasteiger partial charge is 0.119 e. The molecular weight excluding hydrogens is 258 g/mol. The third-order valence-electron chi connectivity index (χ3n) is 4.77. The van der Waals surface area contributed by atoms with Gasteiger partial charge in [0.05, 0.1) is 6.61 Å². The van der Waals surface area contributed by atoms with Crippen molar-refractivity contribution in [3.8, 4) is 5.75 Å². The van der Waals surface area contributed by atoms with Gasteiger partial charge in [0.25, 0.3) is 0 Å². The van der Waals surface area contributed by atoms with Crippen molar-refractivity contribution in [2.24, 2.45) is 11.8 Å². The fourth-order valence-corrected chi connectivity index (χ4v) is 3.56. The van der Waals surface area contributed by atoms with Crippen molar-refractivity contribution >= 4 is 0 Å². The van der Waals surface area contributed by atoms with Crippen molar-refractivity contribution in [1.29, 1.82) is 0 Å². The zero-order valence-corrected chi connectivity index (χ0v) is 13.9. The Morgan fingerprint density at radius 3 is 2.62 bits per heavy atom. The molecule has 0 aromatic heterocycles. The van der Waals surface area contributed by atoms with E-state index in [1.165, 1.54) is 37.7 Å². The first-order valence-electron chi connectivity index (χ1n) is 8.64. The SMILES string of the molecule is CCCCOc1ccc(C(NC)C2CCCC(C)C2)cc1. The summed E-state index contributed by atoms with van der Waals surface area (Å²) >= 11 is 0. The molecule has 1 N–H and O–H groups in total. The van der Waals surface area contributed by atoms with Gasteiger partial charge in [0, 0.05) is 6.04 Å². The summed E-state index contributed by atoms with van der Waals surface area (Å²) in [5, 5.41) is 3.54. The predicted octanol–water partition coefficient (Wildman–Crippen LogP) is 4.95. The maximum atomic E-state index is 5.76. The van der Waals surface area contributed by atoms with Crippen molar-refractivity contribution in [3.63, 3.8) is 0 Å². The molecule has 118 valence electrons. The largest absolute Gasteiger partial charge is 0.494 e. The Kier molecular flexibility index (Phi) is 6.56. The number of benzene rings is 1. The van der Waals surface area contributed by atoms with Gasteiger partial charge in [0.2, 0.25) is 0 Å². The standard InChI is InChI=1S/C19H31NO/c1-4-5-13-21-18-11-9-16(10-12-18)19(20-3)17-8-6-7-15(2)14-17/h9-12,15,17,19-20H,4-8,13-14H2,1-3H3. The van der Waals surface area contributed by atoms with Crippen molar-refractivity contribution in [2.75, 3.05) is 13.7 Å². The van der Waals surface area contributed by atoms with Gasteiger partial charge in [-0.05, 0) is 55.8 Å². The molecule has 0 radical (unpaired) electrons. The molecule has 1 saturated carbocycles. The third kappa shape index (κ3) is 4.74. The lowest BCUT2D eigenvalue weighted by Gasteiger charge is -2.33. The van der Waals surface area contributed by atoms with E-state index in [0.29, 0.717) is 6.04 Å². The summed E-state index contributed by atoms with van der Waals surface area (Å²) in [4.78, 5) is 0. The van der Waals surface area contributed by atoms with Crippen LogP contribution in [0.25, 0.3) is 0 Å². The number of unbranched alkanes of at least 4 members (excludes halogenated alkanes) is 1. The number of rotatable bonds is 7. The highest BCUT2D eigenvalue weighted by Gasteiger charge is 2.26. The molecule has 1 aromatic rings. The second-order valence-corrected chi connectivity index (χ2v) is 6.57. The van der Waals surface area contributed by atoms with Gasteiger partial charge in [-0.3, -0.25) is 0 Å². The van der Waals surface area contributed by atoms with E-state index in [0.717, 1.165) is 30.6 Å². The lowest BCUT2D eigenvalue weighted by Crippen LogP contribution is -2.28. The van der Waals surface area contributed by atoms with Gasteiger partial charge in [0.15, 0.2) is 0 Å². The molecule has 1 aliphatic rings. The van der Waals surface area contributed by atoms with Crippen LogP contribution in [0.3, 0.4) is 0 Å². The van der Waals surface area contributed by atoms with E-state index in [1.807, 2.05) is 0 Å². The predicted molar refractivity (Wildman–Crippen MR) is 89.8 cm³/mol. The maximum absolute atomic E-state index is 5.76. The van der Waals surface area contributed by atoms with Crippen LogP contribution in [-0.2, 0) is 0 Å². The molecule has 0 spiro atoms. The Hall–Kier alpha value is -1.02. The van der Waals surface area contributed by atoms with E-state index in [9.17, 15) is 0 Å². The van der Waals surface area contributed by atoms with Gasteiger partial charge in [-0.1, -0.05) is 45.2 Å². The summed E-state index contributed by atoms with van der Waals surface area (Å²) in [5.74, 6) is 2.64. The van der Waals surface area contributed by atoms with E-state index >= 15 is 0 Å². The summed E-state index contributed by atoms with van der Waals surface area (Å²) in [5.41, 5.74) is 1.40. The topological polar surface area (TPSA) is 21.3 Å².